The summed E-state index contributed by atoms with van der Waals surface area (Å²) in [5.41, 5.74) is 3.36. The summed E-state index contributed by atoms with van der Waals surface area (Å²) in [6.07, 6.45) is 2.94. The summed E-state index contributed by atoms with van der Waals surface area (Å²) < 4.78 is 0. The van der Waals surface area contributed by atoms with Crippen molar-refractivity contribution in [1.29, 1.82) is 0 Å². The van der Waals surface area contributed by atoms with Crippen molar-refractivity contribution in [2.45, 2.75) is 57.7 Å². The minimum Gasteiger partial charge on any atom is -0.392 e. The Kier molecular flexibility index (Phi) is 3.76. The van der Waals surface area contributed by atoms with Gasteiger partial charge in [-0.3, -0.25) is 0 Å². The first kappa shape index (κ1) is 13.6. The number of H-pyrrole nitrogens is 1. The van der Waals surface area contributed by atoms with E-state index < -0.39 is 0 Å². The predicted octanol–water partition coefficient (Wildman–Crippen LogP) is 2.69. The molecule has 4 nitrogen and oxygen atoms in total. The van der Waals surface area contributed by atoms with Crippen LogP contribution in [0.15, 0.2) is 18.2 Å². The Balaban J connectivity index is 1.72. The van der Waals surface area contributed by atoms with E-state index in [0.717, 1.165) is 42.7 Å². The van der Waals surface area contributed by atoms with Crippen LogP contribution in [0.25, 0.3) is 11.0 Å². The number of benzene rings is 1. The number of aromatic nitrogens is 2. The number of aromatic amines is 1. The number of aliphatic hydroxyl groups excluding tert-OH is 1. The molecule has 0 saturated heterocycles. The van der Waals surface area contributed by atoms with E-state index in [0.29, 0.717) is 5.92 Å². The minimum absolute atomic E-state index is 0.182. The van der Waals surface area contributed by atoms with Crippen molar-refractivity contribution < 1.29 is 5.11 Å². The van der Waals surface area contributed by atoms with Gasteiger partial charge in [-0.15, -0.1) is 0 Å². The number of nitrogens with one attached hydrogen (secondary N) is 2. The van der Waals surface area contributed by atoms with Gasteiger partial charge in [-0.1, -0.05) is 19.9 Å². The summed E-state index contributed by atoms with van der Waals surface area (Å²) in [4.78, 5) is 7.97. The van der Waals surface area contributed by atoms with Crippen LogP contribution < -0.4 is 5.32 Å². The number of hydrogen-bond donors (Lipinski definition) is 3. The lowest BCUT2D eigenvalue weighted by atomic mass is 10.1. The summed E-state index contributed by atoms with van der Waals surface area (Å²) >= 11 is 0. The molecule has 1 aliphatic rings. The second-order valence-corrected chi connectivity index (χ2v) is 6.11. The van der Waals surface area contributed by atoms with E-state index in [1.807, 2.05) is 0 Å². The molecule has 1 aromatic carbocycles. The molecule has 1 saturated carbocycles. The van der Waals surface area contributed by atoms with E-state index >= 15 is 0 Å². The Morgan fingerprint density at radius 1 is 1.40 bits per heavy atom. The number of imidazole rings is 1. The van der Waals surface area contributed by atoms with Crippen LogP contribution in [0.4, 0.5) is 0 Å². The number of fused-ring (bicyclic) bond motifs is 1. The minimum atomic E-state index is -0.182. The summed E-state index contributed by atoms with van der Waals surface area (Å²) in [6, 6.07) is 6.59. The zero-order valence-corrected chi connectivity index (χ0v) is 12.2. The zero-order valence-electron chi connectivity index (χ0n) is 12.2. The maximum absolute atomic E-state index is 9.82. The van der Waals surface area contributed by atoms with Crippen LogP contribution in [0.5, 0.6) is 0 Å². The third-order valence-corrected chi connectivity index (χ3v) is 4.16. The van der Waals surface area contributed by atoms with Crippen LogP contribution in [0.3, 0.4) is 0 Å². The fraction of sp³-hybridized carbons (Fsp3) is 0.562. The lowest BCUT2D eigenvalue weighted by Crippen LogP contribution is -2.34. The average molecular weight is 273 g/mol. The van der Waals surface area contributed by atoms with Gasteiger partial charge in [0.25, 0.3) is 0 Å². The van der Waals surface area contributed by atoms with Crippen molar-refractivity contribution in [2.24, 2.45) is 0 Å². The molecule has 3 N–H and O–H groups in total. The normalized spacial score (nSPS) is 23.0. The van der Waals surface area contributed by atoms with Gasteiger partial charge in [0.15, 0.2) is 0 Å². The monoisotopic (exact) mass is 273 g/mol. The fourth-order valence-electron chi connectivity index (χ4n) is 2.89. The number of aliphatic hydroxyl groups is 1. The molecule has 0 unspecified atom stereocenters. The number of rotatable bonds is 4. The van der Waals surface area contributed by atoms with Crippen molar-refractivity contribution in [3.05, 3.63) is 29.6 Å². The Morgan fingerprint density at radius 2 is 2.25 bits per heavy atom. The smallest absolute Gasteiger partial charge is 0.109 e. The average Bonchev–Trinajstić information content (AvgIpc) is 3.01. The van der Waals surface area contributed by atoms with Gasteiger partial charge in [0.1, 0.15) is 5.82 Å². The Hall–Kier alpha value is -1.39. The molecule has 0 aliphatic heterocycles. The Bertz CT molecular complexity index is 590. The van der Waals surface area contributed by atoms with Gasteiger partial charge < -0.3 is 15.4 Å². The van der Waals surface area contributed by atoms with Crippen molar-refractivity contribution in [3.63, 3.8) is 0 Å². The van der Waals surface area contributed by atoms with Gasteiger partial charge in [-0.25, -0.2) is 4.98 Å². The van der Waals surface area contributed by atoms with E-state index in [2.05, 4.69) is 47.3 Å². The maximum Gasteiger partial charge on any atom is 0.109 e. The largest absolute Gasteiger partial charge is 0.392 e. The summed E-state index contributed by atoms with van der Waals surface area (Å²) in [5.74, 6) is 1.45. The molecule has 108 valence electrons. The molecule has 1 aliphatic carbocycles. The highest BCUT2D eigenvalue weighted by Crippen LogP contribution is 2.21. The molecule has 0 amide bonds. The molecule has 0 bridgehead atoms. The molecule has 2 atom stereocenters. The first-order valence-corrected chi connectivity index (χ1v) is 7.53. The Morgan fingerprint density at radius 3 is 2.95 bits per heavy atom. The summed E-state index contributed by atoms with van der Waals surface area (Å²) in [5, 5.41) is 13.3. The summed E-state index contributed by atoms with van der Waals surface area (Å²) in [6.45, 7) is 5.08. The van der Waals surface area contributed by atoms with Crippen LogP contribution in [0.2, 0.25) is 0 Å². The number of hydrogen-bond acceptors (Lipinski definition) is 3. The molecule has 0 radical (unpaired) electrons. The molecule has 0 spiro atoms. The van der Waals surface area contributed by atoms with Crippen LogP contribution >= 0.6 is 0 Å². The van der Waals surface area contributed by atoms with E-state index in [9.17, 15) is 5.11 Å². The fourth-order valence-corrected chi connectivity index (χ4v) is 2.89. The molecule has 1 heterocycles. The van der Waals surface area contributed by atoms with Gasteiger partial charge in [0.05, 0.1) is 17.1 Å². The molecule has 20 heavy (non-hydrogen) atoms. The van der Waals surface area contributed by atoms with E-state index in [4.69, 9.17) is 0 Å². The molecule has 3 rings (SSSR count). The van der Waals surface area contributed by atoms with E-state index in [-0.39, 0.29) is 12.1 Å². The third-order valence-electron chi connectivity index (χ3n) is 4.16. The predicted molar refractivity (Wildman–Crippen MR) is 80.7 cm³/mol. The van der Waals surface area contributed by atoms with Gasteiger partial charge in [-0.05, 0) is 37.0 Å². The number of nitrogens with zero attached hydrogens (tertiary/aromatic N) is 1. The summed E-state index contributed by atoms with van der Waals surface area (Å²) in [7, 11) is 0. The maximum atomic E-state index is 9.82. The lowest BCUT2D eigenvalue weighted by molar-refractivity contribution is 0.148. The van der Waals surface area contributed by atoms with Crippen LogP contribution in [0, 0.1) is 0 Å². The molecule has 4 heteroatoms. The first-order chi connectivity index (χ1) is 9.63. The quantitative estimate of drug-likeness (QED) is 0.802. The van der Waals surface area contributed by atoms with Crippen molar-refractivity contribution in [1.82, 2.24) is 15.3 Å². The van der Waals surface area contributed by atoms with Crippen molar-refractivity contribution >= 4 is 11.0 Å². The third kappa shape index (κ3) is 2.72. The molecular weight excluding hydrogens is 250 g/mol. The van der Waals surface area contributed by atoms with Gasteiger partial charge in [-0.2, -0.15) is 0 Å². The topological polar surface area (TPSA) is 60.9 Å². The highest BCUT2D eigenvalue weighted by atomic mass is 16.3. The van der Waals surface area contributed by atoms with Crippen molar-refractivity contribution in [3.8, 4) is 0 Å². The highest BCUT2D eigenvalue weighted by Gasteiger charge is 2.24. The van der Waals surface area contributed by atoms with Crippen LogP contribution in [-0.4, -0.2) is 27.2 Å². The molecular formula is C16H23N3O. The van der Waals surface area contributed by atoms with Crippen molar-refractivity contribution in [2.75, 3.05) is 0 Å². The second-order valence-electron chi connectivity index (χ2n) is 6.11. The van der Waals surface area contributed by atoms with Gasteiger partial charge in [0.2, 0.25) is 0 Å². The first-order valence-electron chi connectivity index (χ1n) is 7.53. The van der Waals surface area contributed by atoms with Gasteiger partial charge >= 0.3 is 0 Å². The lowest BCUT2D eigenvalue weighted by Gasteiger charge is -2.16. The highest BCUT2D eigenvalue weighted by molar-refractivity contribution is 5.76. The van der Waals surface area contributed by atoms with E-state index in [1.165, 1.54) is 5.56 Å². The van der Waals surface area contributed by atoms with E-state index in [1.54, 1.807) is 0 Å². The van der Waals surface area contributed by atoms with Gasteiger partial charge in [0, 0.05) is 18.5 Å². The molecule has 1 aromatic heterocycles. The Labute approximate surface area is 119 Å². The van der Waals surface area contributed by atoms with Crippen LogP contribution in [0.1, 0.15) is 50.4 Å². The molecule has 2 aromatic rings. The second kappa shape index (κ2) is 5.54. The van der Waals surface area contributed by atoms with Crippen LogP contribution in [-0.2, 0) is 6.54 Å². The SMILES string of the molecule is CC(C)c1nc2ccc(CN[C@@H]3CCC[C@@H]3O)cc2[nH]1. The standard InChI is InChI=1S/C16H23N3O/c1-10(2)16-18-12-7-6-11(8-14(12)19-16)9-17-13-4-3-5-15(13)20/h6-8,10,13,15,17,20H,3-5,9H2,1-2H3,(H,18,19)/t13-,15+/m1/s1. The zero-order chi connectivity index (χ0) is 14.1. The molecule has 1 fully saturated rings.